The molecule has 1 amide bonds. The van der Waals surface area contributed by atoms with Crippen LogP contribution in [0.5, 0.6) is 0 Å². The van der Waals surface area contributed by atoms with Crippen LogP contribution in [0.25, 0.3) is 0 Å². The van der Waals surface area contributed by atoms with Gasteiger partial charge in [-0.25, -0.2) is 8.42 Å². The van der Waals surface area contributed by atoms with Gasteiger partial charge in [0.25, 0.3) is 5.91 Å². The number of Topliss-reactive ketones (excluding diaryl/α,β-unsaturated/α-hetero) is 1. The van der Waals surface area contributed by atoms with Crippen LogP contribution < -0.4 is 0 Å². The molecule has 0 atom stereocenters. The Morgan fingerprint density at radius 2 is 1.63 bits per heavy atom. The molecule has 142 valence electrons. The first-order chi connectivity index (χ1) is 12.8. The minimum absolute atomic E-state index is 0.0874. The average Bonchev–Trinajstić information content (AvgIpc) is 2.68. The molecule has 1 aliphatic heterocycles. The first-order valence-electron chi connectivity index (χ1n) is 8.45. The zero-order valence-corrected chi connectivity index (χ0v) is 17.7. The van der Waals surface area contributed by atoms with Crippen molar-refractivity contribution >= 4 is 44.3 Å². The minimum atomic E-state index is -3.70. The van der Waals surface area contributed by atoms with Gasteiger partial charge in [0.1, 0.15) is 0 Å². The van der Waals surface area contributed by atoms with Crippen LogP contribution >= 0.6 is 22.6 Å². The summed E-state index contributed by atoms with van der Waals surface area (Å²) in [6.07, 6.45) is 0. The Hall–Kier alpha value is -1.78. The van der Waals surface area contributed by atoms with Crippen LogP contribution in [0.2, 0.25) is 0 Å². The monoisotopic (exact) mass is 498 g/mol. The van der Waals surface area contributed by atoms with Crippen LogP contribution in [0.1, 0.15) is 27.6 Å². The number of sulfonamides is 1. The van der Waals surface area contributed by atoms with Gasteiger partial charge in [0, 0.05) is 35.3 Å². The highest BCUT2D eigenvalue weighted by molar-refractivity contribution is 14.1. The van der Waals surface area contributed by atoms with E-state index in [0.717, 1.165) is 3.57 Å². The highest BCUT2D eigenvalue weighted by Crippen LogP contribution is 2.21. The van der Waals surface area contributed by atoms with Gasteiger partial charge in [-0.05, 0) is 53.8 Å². The first-order valence-corrected chi connectivity index (χ1v) is 11.0. The van der Waals surface area contributed by atoms with E-state index in [1.165, 1.54) is 23.4 Å². The van der Waals surface area contributed by atoms with Crippen LogP contribution in [0.4, 0.5) is 0 Å². The van der Waals surface area contributed by atoms with Gasteiger partial charge in [-0.3, -0.25) is 9.59 Å². The number of carbonyl (C=O) groups excluding carboxylic acids is 2. The molecule has 3 rings (SSSR count). The van der Waals surface area contributed by atoms with Crippen molar-refractivity contribution in [3.8, 4) is 0 Å². The normalized spacial score (nSPS) is 15.6. The largest absolute Gasteiger partial charge is 0.336 e. The lowest BCUT2D eigenvalue weighted by molar-refractivity contribution is 0.0696. The quantitative estimate of drug-likeness (QED) is 0.480. The molecule has 0 aliphatic carbocycles. The summed E-state index contributed by atoms with van der Waals surface area (Å²) in [6.45, 7) is 2.51. The predicted octanol–water partition coefficient (Wildman–Crippen LogP) is 2.64. The Morgan fingerprint density at radius 3 is 2.26 bits per heavy atom. The van der Waals surface area contributed by atoms with E-state index < -0.39 is 10.0 Å². The Labute approximate surface area is 172 Å². The summed E-state index contributed by atoms with van der Waals surface area (Å²) in [5.74, 6) is -0.268. The molecule has 27 heavy (non-hydrogen) atoms. The van der Waals surface area contributed by atoms with Crippen LogP contribution in [-0.2, 0) is 10.0 Å². The number of benzene rings is 2. The van der Waals surface area contributed by atoms with E-state index in [-0.39, 0.29) is 29.7 Å². The molecule has 1 aliphatic rings. The molecule has 0 aromatic heterocycles. The Balaban J connectivity index is 1.73. The molecule has 0 bridgehead atoms. The first kappa shape index (κ1) is 20.0. The smallest absolute Gasteiger partial charge is 0.255 e. The molecule has 2 aromatic carbocycles. The summed E-state index contributed by atoms with van der Waals surface area (Å²) in [5, 5.41) is 0. The SMILES string of the molecule is CC(=O)c1cccc(S(=O)(=O)N2CCN(C(=O)c3ccccc3I)CC2)c1. The number of rotatable bonds is 4. The van der Waals surface area contributed by atoms with E-state index in [9.17, 15) is 18.0 Å². The number of nitrogens with zero attached hydrogens (tertiary/aromatic N) is 2. The summed E-state index contributed by atoms with van der Waals surface area (Å²) < 4.78 is 28.0. The van der Waals surface area contributed by atoms with Crippen LogP contribution in [-0.4, -0.2) is 55.5 Å². The third-order valence-corrected chi connectivity index (χ3v) is 7.34. The summed E-state index contributed by atoms with van der Waals surface area (Å²) in [4.78, 5) is 26.0. The van der Waals surface area contributed by atoms with Gasteiger partial charge in [0.15, 0.2) is 5.78 Å². The van der Waals surface area contributed by atoms with E-state index in [1.54, 1.807) is 23.1 Å². The van der Waals surface area contributed by atoms with Gasteiger partial charge in [-0.15, -0.1) is 0 Å². The third kappa shape index (κ3) is 4.22. The van der Waals surface area contributed by atoms with Crippen molar-refractivity contribution in [1.82, 2.24) is 9.21 Å². The molecule has 6 nitrogen and oxygen atoms in total. The predicted molar refractivity (Wildman–Crippen MR) is 110 cm³/mol. The molecule has 0 unspecified atom stereocenters. The zero-order chi connectivity index (χ0) is 19.6. The summed E-state index contributed by atoms with van der Waals surface area (Å²) >= 11 is 2.12. The maximum atomic E-state index is 12.9. The third-order valence-electron chi connectivity index (χ3n) is 4.51. The fourth-order valence-electron chi connectivity index (χ4n) is 2.96. The highest BCUT2D eigenvalue weighted by Gasteiger charge is 2.31. The van der Waals surface area contributed by atoms with Crippen molar-refractivity contribution in [2.45, 2.75) is 11.8 Å². The van der Waals surface area contributed by atoms with Crippen molar-refractivity contribution in [3.63, 3.8) is 0 Å². The van der Waals surface area contributed by atoms with Crippen LogP contribution in [0.3, 0.4) is 0 Å². The topological polar surface area (TPSA) is 74.8 Å². The molecule has 0 radical (unpaired) electrons. The second-order valence-corrected chi connectivity index (χ2v) is 9.36. The maximum Gasteiger partial charge on any atom is 0.255 e. The number of carbonyl (C=O) groups is 2. The van der Waals surface area contributed by atoms with E-state index in [1.807, 2.05) is 18.2 Å². The molecule has 0 N–H and O–H groups in total. The van der Waals surface area contributed by atoms with Crippen LogP contribution in [0, 0.1) is 3.57 Å². The average molecular weight is 498 g/mol. The molecule has 8 heteroatoms. The lowest BCUT2D eigenvalue weighted by atomic mass is 10.2. The second-order valence-electron chi connectivity index (χ2n) is 6.26. The summed E-state index contributed by atoms with van der Waals surface area (Å²) in [7, 11) is -3.70. The number of amides is 1. The molecule has 2 aromatic rings. The fourth-order valence-corrected chi connectivity index (χ4v) is 5.05. The van der Waals surface area contributed by atoms with Crippen molar-refractivity contribution in [3.05, 3.63) is 63.2 Å². The maximum absolute atomic E-state index is 12.9. The van der Waals surface area contributed by atoms with Crippen molar-refractivity contribution in [2.24, 2.45) is 0 Å². The lowest BCUT2D eigenvalue weighted by Crippen LogP contribution is -2.50. The Bertz CT molecular complexity index is 983. The molecule has 1 heterocycles. The van der Waals surface area contributed by atoms with Gasteiger partial charge in [-0.2, -0.15) is 4.31 Å². The van der Waals surface area contributed by atoms with E-state index in [2.05, 4.69) is 22.6 Å². The molecular weight excluding hydrogens is 479 g/mol. The Morgan fingerprint density at radius 1 is 0.963 bits per heavy atom. The van der Waals surface area contributed by atoms with Gasteiger partial charge in [0.2, 0.25) is 10.0 Å². The number of piperazine rings is 1. The van der Waals surface area contributed by atoms with Gasteiger partial charge in [0.05, 0.1) is 10.5 Å². The lowest BCUT2D eigenvalue weighted by Gasteiger charge is -2.34. The van der Waals surface area contributed by atoms with Crippen LogP contribution in [0.15, 0.2) is 53.4 Å². The Kier molecular flexibility index (Phi) is 5.97. The highest BCUT2D eigenvalue weighted by atomic mass is 127. The molecular formula is C19H19IN2O4S. The van der Waals surface area contributed by atoms with E-state index >= 15 is 0 Å². The molecule has 1 saturated heterocycles. The van der Waals surface area contributed by atoms with E-state index in [0.29, 0.717) is 24.2 Å². The van der Waals surface area contributed by atoms with E-state index in [4.69, 9.17) is 0 Å². The minimum Gasteiger partial charge on any atom is -0.336 e. The number of hydrogen-bond acceptors (Lipinski definition) is 4. The van der Waals surface area contributed by atoms with Gasteiger partial charge >= 0.3 is 0 Å². The molecule has 0 spiro atoms. The van der Waals surface area contributed by atoms with Crippen molar-refractivity contribution < 1.29 is 18.0 Å². The standard InChI is InChI=1S/C19H19IN2O4S/c1-14(23)15-5-4-6-16(13-15)27(25,26)22-11-9-21(10-12-22)19(24)17-7-2-3-8-18(17)20/h2-8,13H,9-12H2,1H3. The van der Waals surface area contributed by atoms with Crippen molar-refractivity contribution in [2.75, 3.05) is 26.2 Å². The number of halogens is 1. The summed E-state index contributed by atoms with van der Waals surface area (Å²) in [6, 6.07) is 13.4. The summed E-state index contributed by atoms with van der Waals surface area (Å²) in [5.41, 5.74) is 0.993. The van der Waals surface area contributed by atoms with Crippen molar-refractivity contribution in [1.29, 1.82) is 0 Å². The van der Waals surface area contributed by atoms with Gasteiger partial charge in [-0.1, -0.05) is 24.3 Å². The number of ketones is 1. The molecule has 0 saturated carbocycles. The fraction of sp³-hybridized carbons (Fsp3) is 0.263. The van der Waals surface area contributed by atoms with Gasteiger partial charge < -0.3 is 4.90 Å². The zero-order valence-electron chi connectivity index (χ0n) is 14.8. The second kappa shape index (κ2) is 8.07. The molecule has 1 fully saturated rings. The number of hydrogen-bond donors (Lipinski definition) is 0.